The van der Waals surface area contributed by atoms with Crippen LogP contribution in [0.5, 0.6) is 5.75 Å². The lowest BCUT2D eigenvalue weighted by Crippen LogP contribution is -2.54. The molecule has 1 amide bonds. The van der Waals surface area contributed by atoms with Crippen molar-refractivity contribution >= 4 is 35.3 Å². The number of ether oxygens (including phenoxy) is 3. The quantitative estimate of drug-likeness (QED) is 0.162. The average molecular weight is 535 g/mol. The van der Waals surface area contributed by atoms with Crippen molar-refractivity contribution in [3.8, 4) is 5.75 Å². The van der Waals surface area contributed by atoms with E-state index in [-0.39, 0.29) is 23.6 Å². The number of nitrogens with two attached hydrogens (primary N) is 1. The molecule has 1 heterocycles. The van der Waals surface area contributed by atoms with Gasteiger partial charge in [-0.25, -0.2) is 9.59 Å². The molecule has 38 heavy (non-hydrogen) atoms. The van der Waals surface area contributed by atoms with Crippen LogP contribution in [0.15, 0.2) is 18.2 Å². The summed E-state index contributed by atoms with van der Waals surface area (Å²) < 4.78 is 16.5. The molecule has 5 atom stereocenters. The van der Waals surface area contributed by atoms with Gasteiger partial charge in [-0.1, -0.05) is 33.8 Å². The highest BCUT2D eigenvalue weighted by atomic mass is 16.6. The Hall–Kier alpha value is -3.63. The molecule has 0 saturated carbocycles. The Morgan fingerprint density at radius 1 is 1.08 bits per heavy atom. The highest BCUT2D eigenvalue weighted by Gasteiger charge is 2.47. The minimum Gasteiger partial charge on any atom is -0.505 e. The van der Waals surface area contributed by atoms with E-state index >= 15 is 0 Å². The van der Waals surface area contributed by atoms with Crippen molar-refractivity contribution in [1.82, 2.24) is 5.32 Å². The smallest absolute Gasteiger partial charge is 0.348 e. The first-order chi connectivity index (χ1) is 17.6. The fraction of sp³-hybridized carbons (Fsp3) is 0.593. The fourth-order valence-corrected chi connectivity index (χ4v) is 3.87. The third kappa shape index (κ3) is 6.81. The van der Waals surface area contributed by atoms with Crippen molar-refractivity contribution in [2.45, 2.75) is 85.7 Å². The first kappa shape index (κ1) is 30.6. The number of esters is 3. The molecule has 1 aliphatic rings. The lowest BCUT2D eigenvalue weighted by molar-refractivity contribution is -0.186. The molecule has 1 saturated heterocycles. The summed E-state index contributed by atoms with van der Waals surface area (Å²) in [5, 5.41) is 12.6. The summed E-state index contributed by atoms with van der Waals surface area (Å²) in [7, 11) is 0. The summed E-state index contributed by atoms with van der Waals surface area (Å²) in [5.74, 6) is -5.57. The number of nitrogen functional groups attached to an aromatic ring is 1. The molecule has 1 aromatic rings. The van der Waals surface area contributed by atoms with Crippen LogP contribution in [0.3, 0.4) is 0 Å². The number of nitrogens with one attached hydrogen (secondary N) is 1. The van der Waals surface area contributed by atoms with Gasteiger partial charge in [-0.2, -0.15) is 0 Å². The maximum Gasteiger partial charge on any atom is 0.348 e. The van der Waals surface area contributed by atoms with E-state index in [2.05, 4.69) is 5.32 Å². The average Bonchev–Trinajstić information content (AvgIpc) is 2.84. The number of hydrogen-bond donors (Lipinski definition) is 3. The van der Waals surface area contributed by atoms with Crippen molar-refractivity contribution < 1.29 is 43.3 Å². The van der Waals surface area contributed by atoms with E-state index in [0.29, 0.717) is 6.42 Å². The van der Waals surface area contributed by atoms with Gasteiger partial charge >= 0.3 is 17.9 Å². The van der Waals surface area contributed by atoms with E-state index in [1.54, 1.807) is 13.8 Å². The van der Waals surface area contributed by atoms with Crippen molar-refractivity contribution in [3.63, 3.8) is 0 Å². The number of carbonyl (C=O) groups excluding carboxylic acids is 5. The summed E-state index contributed by atoms with van der Waals surface area (Å²) in [6.45, 7) is 11.2. The molecular formula is C27H38N2O9. The molecule has 210 valence electrons. The van der Waals surface area contributed by atoms with Gasteiger partial charge in [0.05, 0.1) is 11.3 Å². The largest absolute Gasteiger partial charge is 0.505 e. The summed E-state index contributed by atoms with van der Waals surface area (Å²) in [4.78, 5) is 66.0. The third-order valence-corrected chi connectivity index (χ3v) is 6.61. The topological polar surface area (TPSA) is 171 Å². The van der Waals surface area contributed by atoms with E-state index in [9.17, 15) is 29.1 Å². The first-order valence-electron chi connectivity index (χ1n) is 12.7. The zero-order valence-electron chi connectivity index (χ0n) is 22.9. The molecular weight excluding hydrogens is 496 g/mol. The van der Waals surface area contributed by atoms with Crippen molar-refractivity contribution in [2.24, 2.45) is 17.3 Å². The van der Waals surface area contributed by atoms with Crippen LogP contribution in [0.25, 0.3) is 0 Å². The lowest BCUT2D eigenvalue weighted by atomic mass is 9.82. The number of phenols is 1. The molecule has 0 bridgehead atoms. The Labute approximate surface area is 222 Å². The number of rotatable bonds is 6. The van der Waals surface area contributed by atoms with Gasteiger partial charge in [0.15, 0.2) is 23.7 Å². The molecule has 11 heteroatoms. The van der Waals surface area contributed by atoms with Gasteiger partial charge in [-0.15, -0.1) is 0 Å². The van der Waals surface area contributed by atoms with Crippen LogP contribution in [-0.4, -0.2) is 59.1 Å². The number of cyclic esters (lactones) is 3. The van der Waals surface area contributed by atoms with Gasteiger partial charge < -0.3 is 30.4 Å². The van der Waals surface area contributed by atoms with E-state index in [0.717, 1.165) is 0 Å². The monoisotopic (exact) mass is 534 g/mol. The van der Waals surface area contributed by atoms with Crippen LogP contribution < -0.4 is 11.1 Å². The highest BCUT2D eigenvalue weighted by Crippen LogP contribution is 2.29. The molecule has 0 unspecified atom stereocenters. The van der Waals surface area contributed by atoms with E-state index in [4.69, 9.17) is 19.9 Å². The van der Waals surface area contributed by atoms with Crippen LogP contribution in [0, 0.1) is 17.3 Å². The Morgan fingerprint density at radius 2 is 1.71 bits per heavy atom. The van der Waals surface area contributed by atoms with Crippen molar-refractivity contribution in [2.75, 3.05) is 5.73 Å². The molecule has 11 nitrogen and oxygen atoms in total. The Morgan fingerprint density at radius 3 is 2.29 bits per heavy atom. The number of ketones is 1. The van der Waals surface area contributed by atoms with Gasteiger partial charge in [0.25, 0.3) is 5.91 Å². The van der Waals surface area contributed by atoms with E-state index in [1.807, 2.05) is 13.8 Å². The molecule has 1 fully saturated rings. The second-order valence-electron chi connectivity index (χ2n) is 10.6. The number of hydrogen-bond acceptors (Lipinski definition) is 10. The van der Waals surface area contributed by atoms with Crippen LogP contribution in [0.4, 0.5) is 5.69 Å². The summed E-state index contributed by atoms with van der Waals surface area (Å²) in [6.07, 6.45) is -3.38. The number of phenolic OH excluding ortho intramolecular Hbond substituents is 1. The molecule has 0 radical (unpaired) electrons. The van der Waals surface area contributed by atoms with Gasteiger partial charge in [0.2, 0.25) is 6.10 Å². The highest BCUT2D eigenvalue weighted by molar-refractivity contribution is 6.06. The van der Waals surface area contributed by atoms with Crippen LogP contribution in [-0.2, 0) is 33.4 Å². The molecule has 0 aliphatic carbocycles. The summed E-state index contributed by atoms with van der Waals surface area (Å²) in [6, 6.07) is 2.51. The predicted octanol–water partition coefficient (Wildman–Crippen LogP) is 2.53. The van der Waals surface area contributed by atoms with Crippen LogP contribution >= 0.6 is 0 Å². The normalized spacial score (nSPS) is 25.4. The zero-order valence-corrected chi connectivity index (χ0v) is 22.9. The molecule has 0 spiro atoms. The minimum atomic E-state index is -1.73. The SMILES string of the molecule is CC[C@H](C)[C@H]1OC(=O)[C@@H](NC(=O)c2cccc(N)c2O)[C@@H](C)OC(=O)C(C)(C)C(=O)[C@@H](CC(C)C)OC1=O. The second-order valence-corrected chi connectivity index (χ2v) is 10.6. The number of benzene rings is 1. The van der Waals surface area contributed by atoms with Gasteiger partial charge in [-0.05, 0) is 51.7 Å². The molecule has 4 N–H and O–H groups in total. The molecule has 1 aliphatic heterocycles. The number of carbonyl (C=O) groups is 5. The lowest BCUT2D eigenvalue weighted by Gasteiger charge is -2.33. The predicted molar refractivity (Wildman–Crippen MR) is 137 cm³/mol. The zero-order chi connectivity index (χ0) is 28.9. The Kier molecular flexibility index (Phi) is 9.88. The third-order valence-electron chi connectivity index (χ3n) is 6.61. The number of Topliss-reactive ketones (excluding diaryl/α,β-unsaturated/α-hetero) is 1. The minimum absolute atomic E-state index is 0.0527. The van der Waals surface area contributed by atoms with E-state index < -0.39 is 71.0 Å². The maximum atomic E-state index is 13.4. The number of amides is 1. The van der Waals surface area contributed by atoms with Gasteiger partial charge in [0, 0.05) is 5.92 Å². The standard InChI is InChI=1S/C27H38N2O9/c1-8-14(4)21-25(34)37-18(12-13(2)3)22(31)27(6,7)26(35)36-15(5)19(24(33)38-21)29-23(32)16-10-9-11-17(28)20(16)30/h9-11,13-15,18-19,21,30H,8,12,28H2,1-7H3,(H,29,32)/t14-,15+,18+,19-,21+/m0/s1. The molecule has 2 rings (SSSR count). The Balaban J connectivity index is 2.54. The fourth-order valence-electron chi connectivity index (χ4n) is 3.87. The van der Waals surface area contributed by atoms with Crippen molar-refractivity contribution in [1.29, 1.82) is 0 Å². The Bertz CT molecular complexity index is 1080. The van der Waals surface area contributed by atoms with Gasteiger partial charge in [-0.3, -0.25) is 14.4 Å². The number of para-hydroxylation sites is 1. The number of aromatic hydroxyl groups is 1. The van der Waals surface area contributed by atoms with Gasteiger partial charge in [0.1, 0.15) is 11.5 Å². The maximum absolute atomic E-state index is 13.4. The molecule has 1 aromatic carbocycles. The van der Waals surface area contributed by atoms with E-state index in [1.165, 1.54) is 39.0 Å². The second kappa shape index (κ2) is 12.3. The van der Waals surface area contributed by atoms with Crippen LogP contribution in [0.2, 0.25) is 0 Å². The summed E-state index contributed by atoms with van der Waals surface area (Å²) in [5.41, 5.74) is 3.65. The van der Waals surface area contributed by atoms with Crippen LogP contribution in [0.1, 0.15) is 71.7 Å². The van der Waals surface area contributed by atoms with Crippen molar-refractivity contribution in [3.05, 3.63) is 23.8 Å². The molecule has 0 aromatic heterocycles. The summed E-state index contributed by atoms with van der Waals surface area (Å²) >= 11 is 0. The first-order valence-corrected chi connectivity index (χ1v) is 12.7. The number of anilines is 1.